The minimum Gasteiger partial charge on any atom is -0.331 e. The van der Waals surface area contributed by atoms with Crippen LogP contribution in [0.1, 0.15) is 36.2 Å². The fourth-order valence-corrected chi connectivity index (χ4v) is 4.00. The molecule has 4 nitrogen and oxygen atoms in total. The number of aryl methyl sites for hydroxylation is 1. The zero-order valence-corrected chi connectivity index (χ0v) is 13.7. The fourth-order valence-electron chi connectivity index (χ4n) is 4.00. The SMILES string of the molecule is C=C1CC2CCC(C1)N2C(=O)c1cc(-c2ccc(F)cc2)nn1C. The van der Waals surface area contributed by atoms with E-state index in [1.165, 1.54) is 17.7 Å². The van der Waals surface area contributed by atoms with Crippen LogP contribution < -0.4 is 0 Å². The van der Waals surface area contributed by atoms with E-state index in [-0.39, 0.29) is 23.8 Å². The minimum atomic E-state index is -0.281. The molecule has 2 aliphatic rings. The highest BCUT2D eigenvalue weighted by molar-refractivity contribution is 5.94. The maximum absolute atomic E-state index is 13.1. The molecule has 2 fully saturated rings. The monoisotopic (exact) mass is 325 g/mol. The Morgan fingerprint density at radius 3 is 2.46 bits per heavy atom. The summed E-state index contributed by atoms with van der Waals surface area (Å²) in [4.78, 5) is 15.1. The quantitative estimate of drug-likeness (QED) is 0.792. The maximum Gasteiger partial charge on any atom is 0.272 e. The lowest BCUT2D eigenvalue weighted by Gasteiger charge is -2.35. The summed E-state index contributed by atoms with van der Waals surface area (Å²) in [5.74, 6) is -0.241. The fraction of sp³-hybridized carbons (Fsp3) is 0.368. The van der Waals surface area contributed by atoms with E-state index in [0.717, 1.165) is 31.2 Å². The summed E-state index contributed by atoms with van der Waals surface area (Å²) in [7, 11) is 1.78. The summed E-state index contributed by atoms with van der Waals surface area (Å²) in [5, 5.41) is 4.44. The molecule has 124 valence electrons. The van der Waals surface area contributed by atoms with Crippen molar-refractivity contribution in [3.05, 3.63) is 54.0 Å². The molecule has 2 saturated heterocycles. The van der Waals surface area contributed by atoms with Gasteiger partial charge in [0.05, 0.1) is 5.69 Å². The first-order valence-electron chi connectivity index (χ1n) is 8.32. The van der Waals surface area contributed by atoms with Crippen LogP contribution in [0.2, 0.25) is 0 Å². The third-order valence-corrected chi connectivity index (χ3v) is 5.14. The second-order valence-electron chi connectivity index (χ2n) is 6.80. The summed E-state index contributed by atoms with van der Waals surface area (Å²) in [5.41, 5.74) is 3.33. The van der Waals surface area contributed by atoms with E-state index in [1.807, 2.05) is 4.90 Å². The number of halogens is 1. The molecule has 0 N–H and O–H groups in total. The van der Waals surface area contributed by atoms with Crippen LogP contribution in [0, 0.1) is 5.82 Å². The molecule has 0 aliphatic carbocycles. The molecular weight excluding hydrogens is 305 g/mol. The van der Waals surface area contributed by atoms with Crippen molar-refractivity contribution in [1.29, 1.82) is 0 Å². The molecule has 0 spiro atoms. The highest BCUT2D eigenvalue weighted by Crippen LogP contribution is 2.38. The summed E-state index contributed by atoms with van der Waals surface area (Å²) >= 11 is 0. The van der Waals surface area contributed by atoms with Gasteiger partial charge in [-0.3, -0.25) is 9.48 Å². The molecule has 2 unspecified atom stereocenters. The third-order valence-electron chi connectivity index (χ3n) is 5.14. The molecule has 3 heterocycles. The van der Waals surface area contributed by atoms with Gasteiger partial charge in [0.1, 0.15) is 11.5 Å². The molecule has 24 heavy (non-hydrogen) atoms. The number of benzene rings is 1. The van der Waals surface area contributed by atoms with Crippen LogP contribution in [-0.4, -0.2) is 32.7 Å². The molecule has 1 aromatic heterocycles. The van der Waals surface area contributed by atoms with Gasteiger partial charge in [0, 0.05) is 24.7 Å². The van der Waals surface area contributed by atoms with Gasteiger partial charge in [-0.15, -0.1) is 0 Å². The van der Waals surface area contributed by atoms with Gasteiger partial charge in [-0.1, -0.05) is 12.2 Å². The number of amides is 1. The Morgan fingerprint density at radius 1 is 1.21 bits per heavy atom. The Morgan fingerprint density at radius 2 is 1.83 bits per heavy atom. The second-order valence-corrected chi connectivity index (χ2v) is 6.80. The van der Waals surface area contributed by atoms with E-state index in [1.54, 1.807) is 29.9 Å². The maximum atomic E-state index is 13.1. The number of carbonyl (C=O) groups is 1. The predicted octanol–water partition coefficient (Wildman–Crippen LogP) is 3.55. The second kappa shape index (κ2) is 5.58. The highest BCUT2D eigenvalue weighted by atomic mass is 19.1. The highest BCUT2D eigenvalue weighted by Gasteiger charge is 2.41. The van der Waals surface area contributed by atoms with E-state index in [4.69, 9.17) is 0 Å². The van der Waals surface area contributed by atoms with E-state index in [9.17, 15) is 9.18 Å². The molecule has 1 amide bonds. The summed E-state index contributed by atoms with van der Waals surface area (Å²) < 4.78 is 14.7. The van der Waals surface area contributed by atoms with Crippen molar-refractivity contribution >= 4 is 5.91 Å². The standard InChI is InChI=1S/C19H20FN3O/c1-12-9-15-7-8-16(10-12)23(15)19(24)18-11-17(21-22(18)2)13-3-5-14(20)6-4-13/h3-6,11,15-16H,1,7-10H2,2H3. The summed E-state index contributed by atoms with van der Waals surface area (Å²) in [6, 6.07) is 8.52. The zero-order chi connectivity index (χ0) is 16.8. The van der Waals surface area contributed by atoms with Crippen molar-refractivity contribution < 1.29 is 9.18 Å². The van der Waals surface area contributed by atoms with Crippen LogP contribution in [0.4, 0.5) is 4.39 Å². The molecule has 2 atom stereocenters. The first-order valence-corrected chi connectivity index (χ1v) is 8.32. The third kappa shape index (κ3) is 2.44. The van der Waals surface area contributed by atoms with Crippen molar-refractivity contribution in [1.82, 2.24) is 14.7 Å². The molecule has 4 rings (SSSR count). The molecule has 2 aliphatic heterocycles. The number of nitrogens with zero attached hydrogens (tertiary/aromatic N) is 3. The van der Waals surface area contributed by atoms with Crippen LogP contribution in [0.15, 0.2) is 42.5 Å². The first kappa shape index (κ1) is 15.1. The number of fused-ring (bicyclic) bond motifs is 2. The Balaban J connectivity index is 1.64. The van der Waals surface area contributed by atoms with Crippen molar-refractivity contribution in [2.45, 2.75) is 37.8 Å². The first-order chi connectivity index (χ1) is 11.5. The Hall–Kier alpha value is -2.43. The average molecular weight is 325 g/mol. The van der Waals surface area contributed by atoms with Gasteiger partial charge in [0.15, 0.2) is 0 Å². The lowest BCUT2D eigenvalue weighted by Crippen LogP contribution is -2.45. The van der Waals surface area contributed by atoms with Gasteiger partial charge in [0.25, 0.3) is 5.91 Å². The molecule has 2 bridgehead atoms. The van der Waals surface area contributed by atoms with Crippen LogP contribution in [-0.2, 0) is 7.05 Å². The van der Waals surface area contributed by atoms with Crippen LogP contribution in [0.25, 0.3) is 11.3 Å². The van der Waals surface area contributed by atoms with Crippen molar-refractivity contribution in [3.63, 3.8) is 0 Å². The molecule has 1 aromatic carbocycles. The lowest BCUT2D eigenvalue weighted by atomic mass is 9.98. The summed E-state index contributed by atoms with van der Waals surface area (Å²) in [6.07, 6.45) is 3.92. The van der Waals surface area contributed by atoms with E-state index >= 15 is 0 Å². The van der Waals surface area contributed by atoms with Gasteiger partial charge in [-0.05, 0) is 56.0 Å². The predicted molar refractivity (Wildman–Crippen MR) is 90.0 cm³/mol. The average Bonchev–Trinajstić information content (AvgIpc) is 3.06. The van der Waals surface area contributed by atoms with Crippen molar-refractivity contribution in [2.24, 2.45) is 7.05 Å². The van der Waals surface area contributed by atoms with Crippen molar-refractivity contribution in [3.8, 4) is 11.3 Å². The number of rotatable bonds is 2. The largest absolute Gasteiger partial charge is 0.331 e. The Labute approximate surface area is 140 Å². The lowest BCUT2D eigenvalue weighted by molar-refractivity contribution is 0.0623. The number of aromatic nitrogens is 2. The number of piperidine rings is 1. The normalized spacial score (nSPS) is 22.9. The molecule has 0 saturated carbocycles. The van der Waals surface area contributed by atoms with Gasteiger partial charge in [0.2, 0.25) is 0 Å². The van der Waals surface area contributed by atoms with Crippen molar-refractivity contribution in [2.75, 3.05) is 0 Å². The topological polar surface area (TPSA) is 38.1 Å². The Kier molecular flexibility index (Phi) is 3.52. The van der Waals surface area contributed by atoms with E-state index in [0.29, 0.717) is 11.4 Å². The smallest absolute Gasteiger partial charge is 0.272 e. The van der Waals surface area contributed by atoms with Crippen LogP contribution >= 0.6 is 0 Å². The molecule has 2 aromatic rings. The van der Waals surface area contributed by atoms with Gasteiger partial charge in [-0.25, -0.2) is 4.39 Å². The molecule has 5 heteroatoms. The number of hydrogen-bond acceptors (Lipinski definition) is 2. The van der Waals surface area contributed by atoms with Crippen LogP contribution in [0.5, 0.6) is 0 Å². The Bertz CT molecular complexity index is 793. The number of hydrogen-bond donors (Lipinski definition) is 0. The summed E-state index contributed by atoms with van der Waals surface area (Å²) in [6.45, 7) is 4.10. The number of carbonyl (C=O) groups excluding carboxylic acids is 1. The zero-order valence-electron chi connectivity index (χ0n) is 13.7. The van der Waals surface area contributed by atoms with E-state index in [2.05, 4.69) is 11.7 Å². The van der Waals surface area contributed by atoms with Gasteiger partial charge in [-0.2, -0.15) is 5.10 Å². The van der Waals surface area contributed by atoms with E-state index < -0.39 is 0 Å². The molecular formula is C19H20FN3O. The van der Waals surface area contributed by atoms with Gasteiger partial charge < -0.3 is 4.90 Å². The molecule has 0 radical (unpaired) electrons. The van der Waals surface area contributed by atoms with Gasteiger partial charge >= 0.3 is 0 Å². The minimum absolute atomic E-state index is 0.0401. The van der Waals surface area contributed by atoms with Crippen LogP contribution in [0.3, 0.4) is 0 Å².